The summed E-state index contributed by atoms with van der Waals surface area (Å²) in [5.74, 6) is -1.52. The van der Waals surface area contributed by atoms with E-state index in [0.29, 0.717) is 22.5 Å². The molecular weight excluding hydrogens is 411 g/mol. The van der Waals surface area contributed by atoms with Crippen molar-refractivity contribution in [2.24, 2.45) is 0 Å². The minimum Gasteiger partial charge on any atom is -0.332 e. The van der Waals surface area contributed by atoms with Crippen molar-refractivity contribution in [3.05, 3.63) is 99.4 Å². The summed E-state index contributed by atoms with van der Waals surface area (Å²) in [6, 6.07) is 12.4. The van der Waals surface area contributed by atoms with Gasteiger partial charge < -0.3 is 10.6 Å². The van der Waals surface area contributed by atoms with Crippen LogP contribution < -0.4 is 16.2 Å². The van der Waals surface area contributed by atoms with E-state index in [2.05, 4.69) is 15.7 Å². The third-order valence-corrected chi connectivity index (χ3v) is 5.34. The summed E-state index contributed by atoms with van der Waals surface area (Å²) in [5, 5.41) is 9.61. The molecule has 3 aromatic rings. The predicted molar refractivity (Wildman–Crippen MR) is 118 cm³/mol. The maximum atomic E-state index is 13.3. The van der Waals surface area contributed by atoms with Gasteiger partial charge in [-0.15, -0.1) is 0 Å². The number of amides is 2. The highest BCUT2D eigenvalue weighted by molar-refractivity contribution is 6.06. The summed E-state index contributed by atoms with van der Waals surface area (Å²) >= 11 is 0. The summed E-state index contributed by atoms with van der Waals surface area (Å²) in [4.78, 5) is 37.4. The van der Waals surface area contributed by atoms with Crippen LogP contribution in [0.25, 0.3) is 5.69 Å². The van der Waals surface area contributed by atoms with Crippen LogP contribution in [-0.4, -0.2) is 21.6 Å². The van der Waals surface area contributed by atoms with Gasteiger partial charge >= 0.3 is 0 Å². The molecule has 7 nitrogen and oxygen atoms in total. The van der Waals surface area contributed by atoms with Gasteiger partial charge in [0.25, 0.3) is 11.5 Å². The van der Waals surface area contributed by atoms with Gasteiger partial charge in [0, 0.05) is 35.9 Å². The Morgan fingerprint density at radius 3 is 2.59 bits per heavy atom. The number of anilines is 1. The van der Waals surface area contributed by atoms with Crippen LogP contribution in [0.1, 0.15) is 29.0 Å². The lowest BCUT2D eigenvalue weighted by molar-refractivity contribution is -0.121. The smallest absolute Gasteiger partial charge is 0.271 e. The minimum atomic E-state index is -0.505. The lowest BCUT2D eigenvalue weighted by Crippen LogP contribution is -2.32. The van der Waals surface area contributed by atoms with E-state index in [1.807, 2.05) is 6.92 Å². The molecule has 0 aliphatic carbocycles. The Kier molecular flexibility index (Phi) is 5.68. The van der Waals surface area contributed by atoms with Gasteiger partial charge in [0.15, 0.2) is 0 Å². The lowest BCUT2D eigenvalue weighted by Gasteiger charge is -2.24. The van der Waals surface area contributed by atoms with E-state index >= 15 is 0 Å². The zero-order chi connectivity index (χ0) is 22.8. The molecule has 2 aromatic carbocycles. The summed E-state index contributed by atoms with van der Waals surface area (Å²) < 4.78 is 14.6. The summed E-state index contributed by atoms with van der Waals surface area (Å²) in [5.41, 5.74) is 3.32. The zero-order valence-corrected chi connectivity index (χ0v) is 17.6. The van der Waals surface area contributed by atoms with Crippen molar-refractivity contribution in [2.45, 2.75) is 26.2 Å². The number of carbonyl (C=O) groups is 2. The molecule has 1 atom stereocenters. The van der Waals surface area contributed by atoms with Crippen molar-refractivity contribution in [3.8, 4) is 5.69 Å². The number of rotatable bonds is 4. The number of carbonyl (C=O) groups excluding carboxylic acids is 2. The lowest BCUT2D eigenvalue weighted by atomic mass is 9.86. The predicted octanol–water partition coefficient (Wildman–Crippen LogP) is 3.11. The monoisotopic (exact) mass is 432 g/mol. The van der Waals surface area contributed by atoms with Crippen molar-refractivity contribution in [3.63, 3.8) is 0 Å². The SMILES string of the molecule is Cc1cnn(-c2ccc(C)c(NC(=O)C3=CNC(=O)C[C@H]3c3ccc(F)cc3)c2)c(=O)c1. The Balaban J connectivity index is 1.64. The number of hydrogen-bond donors (Lipinski definition) is 2. The molecule has 8 heteroatoms. The van der Waals surface area contributed by atoms with Gasteiger partial charge in [0.05, 0.1) is 11.9 Å². The molecule has 0 fully saturated rings. The van der Waals surface area contributed by atoms with Crippen LogP contribution in [0.3, 0.4) is 0 Å². The Labute approximate surface area is 183 Å². The Hall–Kier alpha value is -4.07. The molecule has 32 heavy (non-hydrogen) atoms. The molecule has 0 unspecified atom stereocenters. The largest absolute Gasteiger partial charge is 0.332 e. The standard InChI is InChI=1S/C24H21FN4O3/c1-14-9-23(31)29(27-12-14)18-8-3-15(2)21(10-18)28-24(32)20-13-26-22(30)11-19(20)16-4-6-17(25)7-5-16/h3-10,12-13,19H,11H2,1-2H3,(H,26,30)(H,28,32)/t19-/m0/s1. The molecule has 1 aliphatic rings. The van der Waals surface area contributed by atoms with Gasteiger partial charge in [-0.2, -0.15) is 9.78 Å². The van der Waals surface area contributed by atoms with Crippen LogP contribution in [0, 0.1) is 19.7 Å². The molecular formula is C24H21FN4O3. The molecule has 0 saturated heterocycles. The highest BCUT2D eigenvalue weighted by atomic mass is 19.1. The quantitative estimate of drug-likeness (QED) is 0.663. The van der Waals surface area contributed by atoms with E-state index < -0.39 is 17.6 Å². The Morgan fingerprint density at radius 2 is 1.88 bits per heavy atom. The minimum absolute atomic E-state index is 0.0760. The van der Waals surface area contributed by atoms with E-state index in [-0.39, 0.29) is 17.9 Å². The van der Waals surface area contributed by atoms with Crippen LogP contribution in [0.4, 0.5) is 10.1 Å². The molecule has 1 aliphatic heterocycles. The van der Waals surface area contributed by atoms with Gasteiger partial charge in [-0.05, 0) is 54.8 Å². The first-order chi connectivity index (χ1) is 15.3. The number of aromatic nitrogens is 2. The van der Waals surface area contributed by atoms with Crippen molar-refractivity contribution >= 4 is 17.5 Å². The molecule has 2 amide bonds. The first-order valence-corrected chi connectivity index (χ1v) is 10.0. The van der Waals surface area contributed by atoms with Crippen LogP contribution in [0.5, 0.6) is 0 Å². The fourth-order valence-electron chi connectivity index (χ4n) is 3.59. The number of benzene rings is 2. The summed E-state index contributed by atoms with van der Waals surface area (Å²) in [6.45, 7) is 3.62. The number of halogens is 1. The van der Waals surface area contributed by atoms with Gasteiger partial charge in [0.1, 0.15) is 5.82 Å². The van der Waals surface area contributed by atoms with E-state index in [1.54, 1.807) is 43.5 Å². The molecule has 0 radical (unpaired) electrons. The second-order valence-corrected chi connectivity index (χ2v) is 7.71. The van der Waals surface area contributed by atoms with Gasteiger partial charge in [-0.1, -0.05) is 18.2 Å². The first kappa shape index (κ1) is 21.2. The summed E-state index contributed by atoms with van der Waals surface area (Å²) in [7, 11) is 0. The first-order valence-electron chi connectivity index (χ1n) is 10.0. The van der Waals surface area contributed by atoms with Crippen LogP contribution in [-0.2, 0) is 9.59 Å². The fraction of sp³-hybridized carbons (Fsp3) is 0.167. The highest BCUT2D eigenvalue weighted by Crippen LogP contribution is 2.31. The highest BCUT2D eigenvalue weighted by Gasteiger charge is 2.29. The average Bonchev–Trinajstić information content (AvgIpc) is 2.76. The van der Waals surface area contributed by atoms with Crippen molar-refractivity contribution in [1.29, 1.82) is 0 Å². The van der Waals surface area contributed by atoms with E-state index in [1.165, 1.54) is 29.1 Å². The van der Waals surface area contributed by atoms with E-state index in [0.717, 1.165) is 11.1 Å². The molecule has 0 saturated carbocycles. The molecule has 1 aromatic heterocycles. The normalized spacial score (nSPS) is 15.7. The molecule has 2 heterocycles. The van der Waals surface area contributed by atoms with Crippen LogP contribution >= 0.6 is 0 Å². The van der Waals surface area contributed by atoms with E-state index in [4.69, 9.17) is 0 Å². The Bertz CT molecular complexity index is 1300. The van der Waals surface area contributed by atoms with Gasteiger partial charge in [0.2, 0.25) is 5.91 Å². The Morgan fingerprint density at radius 1 is 1.12 bits per heavy atom. The van der Waals surface area contributed by atoms with Gasteiger partial charge in [-0.3, -0.25) is 14.4 Å². The average molecular weight is 432 g/mol. The third kappa shape index (κ3) is 4.34. The number of nitrogens with zero attached hydrogens (tertiary/aromatic N) is 2. The third-order valence-electron chi connectivity index (χ3n) is 5.34. The topological polar surface area (TPSA) is 93.1 Å². The zero-order valence-electron chi connectivity index (χ0n) is 17.6. The second kappa shape index (κ2) is 8.58. The molecule has 162 valence electrons. The van der Waals surface area contributed by atoms with Crippen LogP contribution in [0.15, 0.2) is 71.3 Å². The van der Waals surface area contributed by atoms with Crippen molar-refractivity contribution < 1.29 is 14.0 Å². The molecule has 4 rings (SSSR count). The van der Waals surface area contributed by atoms with Gasteiger partial charge in [-0.25, -0.2) is 4.39 Å². The number of aryl methyl sites for hydroxylation is 2. The number of nitrogens with one attached hydrogen (secondary N) is 2. The maximum absolute atomic E-state index is 13.3. The van der Waals surface area contributed by atoms with Crippen molar-refractivity contribution in [1.82, 2.24) is 15.1 Å². The van der Waals surface area contributed by atoms with Crippen molar-refractivity contribution in [2.75, 3.05) is 5.32 Å². The molecule has 2 N–H and O–H groups in total. The second-order valence-electron chi connectivity index (χ2n) is 7.71. The fourth-order valence-corrected chi connectivity index (χ4v) is 3.59. The van der Waals surface area contributed by atoms with Crippen LogP contribution in [0.2, 0.25) is 0 Å². The van der Waals surface area contributed by atoms with E-state index in [9.17, 15) is 18.8 Å². The molecule has 0 spiro atoms. The molecule has 0 bridgehead atoms. The maximum Gasteiger partial charge on any atom is 0.271 e. The summed E-state index contributed by atoms with van der Waals surface area (Å²) in [6.07, 6.45) is 3.05. The number of hydrogen-bond acceptors (Lipinski definition) is 4.